The molecule has 1 atom stereocenters. The highest BCUT2D eigenvalue weighted by Gasteiger charge is 2.42. The second-order valence-electron chi connectivity index (χ2n) is 8.98. The maximum Gasteiger partial charge on any atom is 0.405 e. The van der Waals surface area contributed by atoms with Crippen molar-refractivity contribution in [3.8, 4) is 11.5 Å². The van der Waals surface area contributed by atoms with E-state index in [0.717, 1.165) is 16.7 Å². The fourth-order valence-electron chi connectivity index (χ4n) is 4.47. The third-order valence-corrected chi connectivity index (χ3v) is 6.30. The van der Waals surface area contributed by atoms with Gasteiger partial charge in [0.05, 0.1) is 14.2 Å². The molecule has 0 aliphatic rings. The van der Waals surface area contributed by atoms with Gasteiger partial charge >= 0.3 is 6.09 Å². The third kappa shape index (κ3) is 7.03. The molecular weight excluding hydrogens is 480 g/mol. The molecule has 7 heteroatoms. The minimum atomic E-state index is -1.48. The quantitative estimate of drug-likeness (QED) is 0.291. The number of nitrogens with one attached hydrogen (secondary N) is 1. The first kappa shape index (κ1) is 28.1. The van der Waals surface area contributed by atoms with Gasteiger partial charge in [0.1, 0.15) is 17.0 Å². The van der Waals surface area contributed by atoms with E-state index in [0.29, 0.717) is 17.1 Å². The van der Waals surface area contributed by atoms with Crippen LogP contribution in [0.3, 0.4) is 0 Å². The minimum absolute atomic E-state index is 0.0983. The summed E-state index contributed by atoms with van der Waals surface area (Å²) in [5, 5.41) is 12.3. The van der Waals surface area contributed by atoms with Crippen molar-refractivity contribution in [2.75, 3.05) is 20.8 Å². The molecule has 0 spiro atoms. The highest BCUT2D eigenvalue weighted by atomic mass is 16.5. The summed E-state index contributed by atoms with van der Waals surface area (Å²) in [6.45, 7) is 8.38. The van der Waals surface area contributed by atoms with Crippen LogP contribution in [-0.4, -0.2) is 48.3 Å². The molecular formula is C31H34N2O5. The van der Waals surface area contributed by atoms with E-state index in [9.17, 15) is 14.7 Å². The number of carbonyl (C=O) groups is 2. The summed E-state index contributed by atoms with van der Waals surface area (Å²) in [6.07, 6.45) is 0.523. The lowest BCUT2D eigenvalue weighted by molar-refractivity contribution is -0.138. The first-order chi connectivity index (χ1) is 18.3. The van der Waals surface area contributed by atoms with Crippen LogP contribution in [0, 0.1) is 0 Å². The zero-order chi connectivity index (χ0) is 27.5. The highest BCUT2D eigenvalue weighted by molar-refractivity contribution is 5.91. The molecule has 0 aliphatic heterocycles. The van der Waals surface area contributed by atoms with Crippen LogP contribution >= 0.6 is 0 Å². The Balaban J connectivity index is 2.08. The zero-order valence-electron chi connectivity index (χ0n) is 21.9. The largest absolute Gasteiger partial charge is 0.497 e. The average molecular weight is 515 g/mol. The molecule has 38 heavy (non-hydrogen) atoms. The number of amides is 2. The lowest BCUT2D eigenvalue weighted by atomic mass is 9.85. The molecule has 0 aliphatic carbocycles. The summed E-state index contributed by atoms with van der Waals surface area (Å²) >= 11 is 0. The normalized spacial score (nSPS) is 12.1. The molecule has 0 aromatic heterocycles. The summed E-state index contributed by atoms with van der Waals surface area (Å²) in [5.74, 6) is 0.782. The van der Waals surface area contributed by atoms with Gasteiger partial charge in [0.2, 0.25) is 5.91 Å². The Bertz CT molecular complexity index is 1260. The molecule has 2 amide bonds. The van der Waals surface area contributed by atoms with Crippen LogP contribution in [0.2, 0.25) is 0 Å². The SMILES string of the molecule is C=CCC(Cc1ccccc1)(NC(=O)O)C(=O)N(CC(=C)c1ccccc1)Cc1ccc(OC)cc1OC. The van der Waals surface area contributed by atoms with Gasteiger partial charge in [0.25, 0.3) is 0 Å². The predicted octanol–water partition coefficient (Wildman–Crippen LogP) is 5.57. The van der Waals surface area contributed by atoms with Gasteiger partial charge in [0, 0.05) is 31.1 Å². The number of carboxylic acid groups (broad SMARTS) is 1. The molecule has 0 fully saturated rings. The smallest absolute Gasteiger partial charge is 0.405 e. The Labute approximate surface area is 224 Å². The van der Waals surface area contributed by atoms with Gasteiger partial charge in [-0.3, -0.25) is 4.79 Å². The average Bonchev–Trinajstić information content (AvgIpc) is 2.93. The van der Waals surface area contributed by atoms with Gasteiger partial charge in [-0.2, -0.15) is 0 Å². The molecule has 1 unspecified atom stereocenters. The van der Waals surface area contributed by atoms with Crippen LogP contribution in [-0.2, 0) is 17.8 Å². The van der Waals surface area contributed by atoms with E-state index in [-0.39, 0.29) is 25.9 Å². The van der Waals surface area contributed by atoms with Crippen LogP contribution in [0.15, 0.2) is 98.1 Å². The van der Waals surface area contributed by atoms with Gasteiger partial charge in [0.15, 0.2) is 0 Å². The van der Waals surface area contributed by atoms with Gasteiger partial charge in [-0.1, -0.05) is 73.3 Å². The molecule has 0 radical (unpaired) electrons. The van der Waals surface area contributed by atoms with Crippen LogP contribution in [0.4, 0.5) is 4.79 Å². The summed E-state index contributed by atoms with van der Waals surface area (Å²) in [7, 11) is 3.12. The van der Waals surface area contributed by atoms with Crippen molar-refractivity contribution in [3.63, 3.8) is 0 Å². The molecule has 3 rings (SSSR count). The van der Waals surface area contributed by atoms with Crippen LogP contribution in [0.5, 0.6) is 11.5 Å². The van der Waals surface area contributed by atoms with Crippen molar-refractivity contribution in [2.45, 2.75) is 24.9 Å². The first-order valence-electron chi connectivity index (χ1n) is 12.2. The van der Waals surface area contributed by atoms with Gasteiger partial charge in [-0.25, -0.2) is 4.79 Å². The Kier molecular flexibility index (Phi) is 9.71. The van der Waals surface area contributed by atoms with E-state index < -0.39 is 17.5 Å². The molecule has 198 valence electrons. The number of carbonyl (C=O) groups excluding carboxylic acids is 1. The van der Waals surface area contributed by atoms with Crippen molar-refractivity contribution in [2.24, 2.45) is 0 Å². The minimum Gasteiger partial charge on any atom is -0.497 e. The van der Waals surface area contributed by atoms with Crippen molar-refractivity contribution < 1.29 is 24.2 Å². The molecule has 0 saturated heterocycles. The Hall–Kier alpha value is -4.52. The van der Waals surface area contributed by atoms with Crippen LogP contribution < -0.4 is 14.8 Å². The predicted molar refractivity (Wildman–Crippen MR) is 149 cm³/mol. The van der Waals surface area contributed by atoms with Crippen molar-refractivity contribution in [3.05, 3.63) is 115 Å². The second-order valence-corrected chi connectivity index (χ2v) is 8.98. The van der Waals surface area contributed by atoms with Crippen LogP contribution in [0.1, 0.15) is 23.1 Å². The Morgan fingerprint density at radius 1 is 1.00 bits per heavy atom. The van der Waals surface area contributed by atoms with E-state index in [2.05, 4.69) is 18.5 Å². The number of methoxy groups -OCH3 is 2. The summed E-state index contributed by atoms with van der Waals surface area (Å²) in [4.78, 5) is 28.1. The molecule has 3 aromatic rings. The van der Waals surface area contributed by atoms with Gasteiger partial charge in [-0.15, -0.1) is 6.58 Å². The number of hydrogen-bond acceptors (Lipinski definition) is 4. The van der Waals surface area contributed by atoms with E-state index in [1.54, 1.807) is 37.3 Å². The van der Waals surface area contributed by atoms with E-state index in [4.69, 9.17) is 9.47 Å². The van der Waals surface area contributed by atoms with Crippen molar-refractivity contribution in [1.29, 1.82) is 0 Å². The van der Waals surface area contributed by atoms with E-state index in [1.165, 1.54) is 0 Å². The topological polar surface area (TPSA) is 88.1 Å². The Morgan fingerprint density at radius 3 is 2.24 bits per heavy atom. The first-order valence-corrected chi connectivity index (χ1v) is 12.2. The fourth-order valence-corrected chi connectivity index (χ4v) is 4.47. The number of rotatable bonds is 13. The van der Waals surface area contributed by atoms with E-state index in [1.807, 2.05) is 66.7 Å². The molecule has 2 N–H and O–H groups in total. The monoisotopic (exact) mass is 514 g/mol. The number of nitrogens with zero attached hydrogens (tertiary/aromatic N) is 1. The standard InChI is InChI=1S/C31H34N2O5/c1-5-18-31(32-30(35)36,20-24-12-8-6-9-13-24)29(34)33(21-23(2)25-14-10-7-11-15-25)22-26-16-17-27(37-3)19-28(26)38-4/h5-17,19,32H,1-2,18,20-22H2,3-4H3,(H,35,36). The maximum absolute atomic E-state index is 14.4. The second kappa shape index (κ2) is 13.1. The summed E-state index contributed by atoms with van der Waals surface area (Å²) < 4.78 is 10.9. The zero-order valence-corrected chi connectivity index (χ0v) is 21.9. The van der Waals surface area contributed by atoms with Crippen LogP contribution in [0.25, 0.3) is 5.57 Å². The lowest BCUT2D eigenvalue weighted by Gasteiger charge is -2.37. The number of benzene rings is 3. The highest BCUT2D eigenvalue weighted by Crippen LogP contribution is 2.29. The van der Waals surface area contributed by atoms with Gasteiger partial charge in [-0.05, 0) is 35.3 Å². The molecule has 7 nitrogen and oxygen atoms in total. The third-order valence-electron chi connectivity index (χ3n) is 6.30. The summed E-state index contributed by atoms with van der Waals surface area (Å²) in [6, 6.07) is 24.3. The maximum atomic E-state index is 14.4. The Morgan fingerprint density at radius 2 is 1.66 bits per heavy atom. The fraction of sp³-hybridized carbons (Fsp3) is 0.226. The lowest BCUT2D eigenvalue weighted by Crippen LogP contribution is -2.60. The number of ether oxygens (including phenoxy) is 2. The van der Waals surface area contributed by atoms with Crippen molar-refractivity contribution in [1.82, 2.24) is 10.2 Å². The molecule has 0 heterocycles. The van der Waals surface area contributed by atoms with E-state index >= 15 is 0 Å². The van der Waals surface area contributed by atoms with Crippen molar-refractivity contribution >= 4 is 17.6 Å². The van der Waals surface area contributed by atoms with Gasteiger partial charge < -0.3 is 24.8 Å². The molecule has 0 bridgehead atoms. The molecule has 0 saturated carbocycles. The molecule has 3 aromatic carbocycles. The number of hydrogen-bond donors (Lipinski definition) is 2. The summed E-state index contributed by atoms with van der Waals surface area (Å²) in [5.41, 5.74) is 1.68.